The van der Waals surface area contributed by atoms with Crippen LogP contribution in [0.5, 0.6) is 0 Å². The van der Waals surface area contributed by atoms with Gasteiger partial charge in [-0.25, -0.2) is 0 Å². The molecule has 0 aromatic carbocycles. The van der Waals surface area contributed by atoms with E-state index < -0.39 is 5.41 Å². The summed E-state index contributed by atoms with van der Waals surface area (Å²) >= 11 is 0. The zero-order valence-corrected chi connectivity index (χ0v) is 13.5. The van der Waals surface area contributed by atoms with E-state index in [0.29, 0.717) is 19.8 Å². The van der Waals surface area contributed by atoms with Gasteiger partial charge in [0.05, 0.1) is 23.7 Å². The molecular weight excluding hydrogens is 244 g/mol. The van der Waals surface area contributed by atoms with Gasteiger partial charge in [0.25, 0.3) is 0 Å². The zero-order chi connectivity index (χ0) is 15.1. The van der Waals surface area contributed by atoms with Crippen LogP contribution in [0.3, 0.4) is 0 Å². The molecule has 0 atom stereocenters. The van der Waals surface area contributed by atoms with E-state index in [2.05, 4.69) is 0 Å². The van der Waals surface area contributed by atoms with E-state index in [1.165, 1.54) is 0 Å². The van der Waals surface area contributed by atoms with Crippen LogP contribution in [0.15, 0.2) is 0 Å². The zero-order valence-electron chi connectivity index (χ0n) is 13.5. The number of rotatable bonds is 8. The van der Waals surface area contributed by atoms with E-state index in [1.54, 1.807) is 0 Å². The molecule has 0 radical (unpaired) electrons. The van der Waals surface area contributed by atoms with E-state index >= 15 is 0 Å². The Morgan fingerprint density at radius 2 is 1.58 bits per heavy atom. The molecule has 0 N–H and O–H groups in total. The highest BCUT2D eigenvalue weighted by Crippen LogP contribution is 2.16. The molecule has 0 saturated heterocycles. The predicted octanol–water partition coefficient (Wildman–Crippen LogP) is 3.19. The number of carbonyl (C=O) groups is 1. The fourth-order valence-electron chi connectivity index (χ4n) is 1.28. The first-order valence-electron chi connectivity index (χ1n) is 6.97. The summed E-state index contributed by atoms with van der Waals surface area (Å²) < 4.78 is 16.4. The van der Waals surface area contributed by atoms with Crippen molar-refractivity contribution in [2.75, 3.05) is 19.8 Å². The van der Waals surface area contributed by atoms with E-state index in [0.717, 1.165) is 6.42 Å². The molecule has 0 rings (SSSR count). The standard InChI is InChI=1S/C15H30O4/c1-12(2)17-9-8-15(6,7)19-11-10-18-13(16)14(3,4)5/h12H,8-11H2,1-7H3. The molecule has 0 aliphatic rings. The SMILES string of the molecule is CC(C)OCCC(C)(C)OCCOC(=O)C(C)(C)C. The first-order valence-corrected chi connectivity index (χ1v) is 6.97. The second kappa shape index (κ2) is 7.85. The molecule has 0 amide bonds. The van der Waals surface area contributed by atoms with Crippen molar-refractivity contribution >= 4 is 5.97 Å². The minimum atomic E-state index is -0.458. The Bertz CT molecular complexity index is 264. The second-order valence-electron chi connectivity index (χ2n) is 6.66. The lowest BCUT2D eigenvalue weighted by atomic mass is 9.97. The fraction of sp³-hybridized carbons (Fsp3) is 0.933. The second-order valence-corrected chi connectivity index (χ2v) is 6.66. The van der Waals surface area contributed by atoms with Crippen LogP contribution in [-0.4, -0.2) is 37.5 Å². The molecule has 0 aromatic heterocycles. The molecule has 0 bridgehead atoms. The molecule has 0 aromatic rings. The average molecular weight is 274 g/mol. The van der Waals surface area contributed by atoms with Gasteiger partial charge in [-0.2, -0.15) is 0 Å². The number of ether oxygens (including phenoxy) is 3. The van der Waals surface area contributed by atoms with Gasteiger partial charge >= 0.3 is 5.97 Å². The maximum Gasteiger partial charge on any atom is 0.311 e. The first-order chi connectivity index (χ1) is 8.54. The third-order valence-electron chi connectivity index (χ3n) is 2.58. The molecule has 19 heavy (non-hydrogen) atoms. The smallest absolute Gasteiger partial charge is 0.311 e. The van der Waals surface area contributed by atoms with Crippen molar-refractivity contribution < 1.29 is 19.0 Å². The molecule has 0 unspecified atom stereocenters. The summed E-state index contributed by atoms with van der Waals surface area (Å²) in [6, 6.07) is 0. The van der Waals surface area contributed by atoms with Crippen molar-refractivity contribution in [3.8, 4) is 0 Å². The Morgan fingerprint density at radius 1 is 1.00 bits per heavy atom. The van der Waals surface area contributed by atoms with Gasteiger partial charge in [0.1, 0.15) is 6.61 Å². The summed E-state index contributed by atoms with van der Waals surface area (Å²) in [5, 5.41) is 0. The van der Waals surface area contributed by atoms with Gasteiger partial charge in [-0.3, -0.25) is 4.79 Å². The highest BCUT2D eigenvalue weighted by molar-refractivity contribution is 5.75. The van der Waals surface area contributed by atoms with E-state index in [-0.39, 0.29) is 17.7 Å². The lowest BCUT2D eigenvalue weighted by Gasteiger charge is -2.26. The molecule has 0 saturated carbocycles. The third-order valence-corrected chi connectivity index (χ3v) is 2.58. The van der Waals surface area contributed by atoms with Gasteiger partial charge in [-0.15, -0.1) is 0 Å². The van der Waals surface area contributed by atoms with Crippen LogP contribution in [0.25, 0.3) is 0 Å². The molecule has 0 fully saturated rings. The minimum absolute atomic E-state index is 0.197. The van der Waals surface area contributed by atoms with Crippen LogP contribution in [-0.2, 0) is 19.0 Å². The van der Waals surface area contributed by atoms with Gasteiger partial charge in [0.15, 0.2) is 0 Å². The first kappa shape index (κ1) is 18.4. The number of carbonyl (C=O) groups excluding carboxylic acids is 1. The van der Waals surface area contributed by atoms with Crippen molar-refractivity contribution in [3.63, 3.8) is 0 Å². The molecule has 0 aliphatic carbocycles. The van der Waals surface area contributed by atoms with E-state index in [4.69, 9.17) is 14.2 Å². The number of hydrogen-bond donors (Lipinski definition) is 0. The third kappa shape index (κ3) is 9.91. The summed E-state index contributed by atoms with van der Waals surface area (Å²) in [6.45, 7) is 15.0. The summed E-state index contributed by atoms with van der Waals surface area (Å²) in [6.07, 6.45) is 1.06. The summed E-state index contributed by atoms with van der Waals surface area (Å²) in [5.41, 5.74) is -0.719. The van der Waals surface area contributed by atoms with Gasteiger partial charge < -0.3 is 14.2 Å². The molecule has 0 spiro atoms. The van der Waals surface area contributed by atoms with Crippen molar-refractivity contribution in [1.82, 2.24) is 0 Å². The van der Waals surface area contributed by atoms with Crippen molar-refractivity contribution in [2.45, 2.75) is 66.6 Å². The molecule has 4 nitrogen and oxygen atoms in total. The molecule has 114 valence electrons. The topological polar surface area (TPSA) is 44.8 Å². The quantitative estimate of drug-likeness (QED) is 0.504. The Labute approximate surface area is 117 Å². The Kier molecular flexibility index (Phi) is 7.60. The number of esters is 1. The van der Waals surface area contributed by atoms with E-state index in [9.17, 15) is 4.79 Å². The van der Waals surface area contributed by atoms with Gasteiger partial charge in [-0.1, -0.05) is 0 Å². The van der Waals surface area contributed by atoms with Crippen LogP contribution < -0.4 is 0 Å². The average Bonchev–Trinajstić information content (AvgIpc) is 2.21. The van der Waals surface area contributed by atoms with Crippen LogP contribution in [0.1, 0.15) is 54.9 Å². The lowest BCUT2D eigenvalue weighted by Crippen LogP contribution is -2.30. The highest BCUT2D eigenvalue weighted by Gasteiger charge is 2.23. The predicted molar refractivity (Wildman–Crippen MR) is 76.2 cm³/mol. The van der Waals surface area contributed by atoms with Crippen molar-refractivity contribution in [3.05, 3.63) is 0 Å². The number of hydrogen-bond acceptors (Lipinski definition) is 4. The molecular formula is C15H30O4. The maximum absolute atomic E-state index is 11.5. The van der Waals surface area contributed by atoms with Crippen molar-refractivity contribution in [1.29, 1.82) is 0 Å². The van der Waals surface area contributed by atoms with Crippen LogP contribution in [0.4, 0.5) is 0 Å². The summed E-state index contributed by atoms with van der Waals surface area (Å²) in [5.74, 6) is -0.197. The Morgan fingerprint density at radius 3 is 2.05 bits per heavy atom. The largest absolute Gasteiger partial charge is 0.463 e. The Hall–Kier alpha value is -0.610. The lowest BCUT2D eigenvalue weighted by molar-refractivity contribution is -0.156. The van der Waals surface area contributed by atoms with Crippen LogP contribution >= 0.6 is 0 Å². The molecule has 0 heterocycles. The van der Waals surface area contributed by atoms with Crippen LogP contribution in [0, 0.1) is 5.41 Å². The molecule has 4 heteroatoms. The Balaban J connectivity index is 3.78. The van der Waals surface area contributed by atoms with Crippen LogP contribution in [0.2, 0.25) is 0 Å². The van der Waals surface area contributed by atoms with Gasteiger partial charge in [0.2, 0.25) is 0 Å². The van der Waals surface area contributed by atoms with E-state index in [1.807, 2.05) is 48.5 Å². The van der Waals surface area contributed by atoms with Crippen molar-refractivity contribution in [2.24, 2.45) is 5.41 Å². The normalized spacial score (nSPS) is 12.8. The monoisotopic (exact) mass is 274 g/mol. The highest BCUT2D eigenvalue weighted by atomic mass is 16.6. The minimum Gasteiger partial charge on any atom is -0.463 e. The maximum atomic E-state index is 11.5. The summed E-state index contributed by atoms with van der Waals surface area (Å²) in [7, 11) is 0. The summed E-state index contributed by atoms with van der Waals surface area (Å²) in [4.78, 5) is 11.5. The molecule has 0 aliphatic heterocycles. The van der Waals surface area contributed by atoms with Gasteiger partial charge in [-0.05, 0) is 54.9 Å². The fourth-order valence-corrected chi connectivity index (χ4v) is 1.28. The van der Waals surface area contributed by atoms with Gasteiger partial charge in [0, 0.05) is 6.61 Å².